The van der Waals surface area contributed by atoms with Crippen LogP contribution in [-0.2, 0) is 5.60 Å². The van der Waals surface area contributed by atoms with Gasteiger partial charge >= 0.3 is 0 Å². The Bertz CT molecular complexity index is 329. The normalized spacial score (nSPS) is 18.3. The van der Waals surface area contributed by atoms with Gasteiger partial charge in [-0.2, -0.15) is 0 Å². The fraction of sp³-hybridized carbons (Fsp3) is 0.400. The van der Waals surface area contributed by atoms with Crippen LogP contribution in [0.4, 0.5) is 0 Å². The highest BCUT2D eigenvalue weighted by Gasteiger charge is 2.42. The molecule has 1 aliphatic carbocycles. The zero-order valence-electron chi connectivity index (χ0n) is 7.45. The first-order valence-corrected chi connectivity index (χ1v) is 4.25. The van der Waals surface area contributed by atoms with Crippen molar-refractivity contribution in [3.8, 4) is 11.5 Å². The second-order valence-electron chi connectivity index (χ2n) is 3.42. The number of aliphatic hydroxyl groups is 1. The van der Waals surface area contributed by atoms with E-state index in [1.165, 1.54) is 7.11 Å². The van der Waals surface area contributed by atoms with Gasteiger partial charge in [0, 0.05) is 0 Å². The molecular weight excluding hydrogens is 168 g/mol. The Labute approximate surface area is 76.6 Å². The Morgan fingerprint density at radius 2 is 2.08 bits per heavy atom. The molecule has 3 nitrogen and oxygen atoms in total. The molecule has 0 saturated heterocycles. The first-order valence-electron chi connectivity index (χ1n) is 4.25. The predicted molar refractivity (Wildman–Crippen MR) is 47.8 cm³/mol. The number of phenolic OH excluding ortho intramolecular Hbond substituents is 1. The fourth-order valence-electron chi connectivity index (χ4n) is 1.37. The third-order valence-corrected chi connectivity index (χ3v) is 2.44. The molecule has 0 unspecified atom stereocenters. The average molecular weight is 180 g/mol. The maximum absolute atomic E-state index is 9.77. The summed E-state index contributed by atoms with van der Waals surface area (Å²) in [6, 6.07) is 4.96. The van der Waals surface area contributed by atoms with E-state index in [-0.39, 0.29) is 5.75 Å². The molecule has 3 heteroatoms. The molecule has 1 saturated carbocycles. The summed E-state index contributed by atoms with van der Waals surface area (Å²) in [6.45, 7) is 0. The number of hydrogen-bond acceptors (Lipinski definition) is 3. The van der Waals surface area contributed by atoms with E-state index in [2.05, 4.69) is 0 Å². The van der Waals surface area contributed by atoms with E-state index in [1.54, 1.807) is 18.2 Å². The summed E-state index contributed by atoms with van der Waals surface area (Å²) in [5, 5.41) is 19.1. The second kappa shape index (κ2) is 2.64. The van der Waals surface area contributed by atoms with Crippen LogP contribution in [0.15, 0.2) is 18.2 Å². The topological polar surface area (TPSA) is 49.7 Å². The molecule has 1 aromatic carbocycles. The number of rotatable bonds is 2. The molecule has 0 aliphatic heterocycles. The minimum absolute atomic E-state index is 0.107. The molecule has 2 rings (SSSR count). The lowest BCUT2D eigenvalue weighted by molar-refractivity contribution is 0.151. The number of phenols is 1. The molecule has 0 amide bonds. The summed E-state index contributed by atoms with van der Waals surface area (Å²) in [7, 11) is 1.50. The average Bonchev–Trinajstić information content (AvgIpc) is 2.86. The summed E-state index contributed by atoms with van der Waals surface area (Å²) < 4.78 is 4.95. The van der Waals surface area contributed by atoms with E-state index in [0.717, 1.165) is 18.4 Å². The molecular formula is C10H12O3. The van der Waals surface area contributed by atoms with Gasteiger partial charge in [-0.3, -0.25) is 0 Å². The van der Waals surface area contributed by atoms with Gasteiger partial charge in [0.05, 0.1) is 12.7 Å². The van der Waals surface area contributed by atoms with E-state index in [1.807, 2.05) is 0 Å². The monoisotopic (exact) mass is 180 g/mol. The molecule has 13 heavy (non-hydrogen) atoms. The summed E-state index contributed by atoms with van der Waals surface area (Å²) in [4.78, 5) is 0. The van der Waals surface area contributed by atoms with Crippen LogP contribution in [0.5, 0.6) is 11.5 Å². The number of benzene rings is 1. The Balaban J connectivity index is 2.39. The Hall–Kier alpha value is -1.22. The predicted octanol–water partition coefficient (Wildman–Crippen LogP) is 1.38. The highest BCUT2D eigenvalue weighted by Crippen LogP contribution is 2.46. The quantitative estimate of drug-likeness (QED) is 0.723. The van der Waals surface area contributed by atoms with Crippen LogP contribution in [0.3, 0.4) is 0 Å². The van der Waals surface area contributed by atoms with Crippen LogP contribution in [0.25, 0.3) is 0 Å². The summed E-state index contributed by atoms with van der Waals surface area (Å²) in [5.41, 5.74) is 0.156. The van der Waals surface area contributed by atoms with Crippen LogP contribution in [0, 0.1) is 0 Å². The Kier molecular flexibility index (Phi) is 1.70. The van der Waals surface area contributed by atoms with Crippen molar-refractivity contribution in [1.29, 1.82) is 0 Å². The zero-order chi connectivity index (χ0) is 9.47. The second-order valence-corrected chi connectivity index (χ2v) is 3.42. The highest BCUT2D eigenvalue weighted by molar-refractivity contribution is 5.44. The minimum atomic E-state index is -0.666. The van der Waals surface area contributed by atoms with Gasteiger partial charge < -0.3 is 14.9 Å². The van der Waals surface area contributed by atoms with Gasteiger partial charge in [0.15, 0.2) is 11.5 Å². The number of ether oxygens (including phenoxy) is 1. The molecule has 0 radical (unpaired) electrons. The van der Waals surface area contributed by atoms with Crippen LogP contribution >= 0.6 is 0 Å². The molecule has 1 aliphatic rings. The van der Waals surface area contributed by atoms with Gasteiger partial charge in [-0.25, -0.2) is 0 Å². The Morgan fingerprint density at radius 1 is 1.38 bits per heavy atom. The van der Waals surface area contributed by atoms with Crippen molar-refractivity contribution in [3.05, 3.63) is 23.8 Å². The highest BCUT2D eigenvalue weighted by atomic mass is 16.5. The molecule has 0 bridgehead atoms. The lowest BCUT2D eigenvalue weighted by atomic mass is 10.1. The van der Waals surface area contributed by atoms with E-state index < -0.39 is 5.60 Å². The van der Waals surface area contributed by atoms with Crippen molar-refractivity contribution >= 4 is 0 Å². The van der Waals surface area contributed by atoms with Crippen molar-refractivity contribution in [2.24, 2.45) is 0 Å². The van der Waals surface area contributed by atoms with E-state index in [9.17, 15) is 10.2 Å². The third kappa shape index (κ3) is 1.35. The smallest absolute Gasteiger partial charge is 0.160 e. The number of methoxy groups -OCH3 is 1. The molecule has 0 aromatic heterocycles. The molecule has 0 spiro atoms. The van der Waals surface area contributed by atoms with Crippen molar-refractivity contribution in [1.82, 2.24) is 0 Å². The van der Waals surface area contributed by atoms with Gasteiger partial charge in [-0.1, -0.05) is 6.07 Å². The fourth-order valence-corrected chi connectivity index (χ4v) is 1.37. The first kappa shape index (κ1) is 8.38. The van der Waals surface area contributed by atoms with Crippen molar-refractivity contribution < 1.29 is 14.9 Å². The van der Waals surface area contributed by atoms with Gasteiger partial charge in [-0.05, 0) is 30.5 Å². The summed E-state index contributed by atoms with van der Waals surface area (Å²) in [5.74, 6) is 0.522. The molecule has 2 N–H and O–H groups in total. The standard InChI is InChI=1S/C10H12O3/c1-13-9-6-7(2-3-8(9)11)10(12)4-5-10/h2-3,6,11-12H,4-5H2,1H3. The van der Waals surface area contributed by atoms with Gasteiger partial charge in [0.25, 0.3) is 0 Å². The maximum Gasteiger partial charge on any atom is 0.160 e. The lowest BCUT2D eigenvalue weighted by Gasteiger charge is -2.10. The zero-order valence-corrected chi connectivity index (χ0v) is 7.45. The molecule has 0 heterocycles. The first-order chi connectivity index (χ1) is 6.15. The van der Waals surface area contributed by atoms with Gasteiger partial charge in [-0.15, -0.1) is 0 Å². The van der Waals surface area contributed by atoms with Crippen molar-refractivity contribution in [3.63, 3.8) is 0 Å². The largest absolute Gasteiger partial charge is 0.504 e. The van der Waals surface area contributed by atoms with Crippen LogP contribution in [0.2, 0.25) is 0 Å². The van der Waals surface area contributed by atoms with Crippen molar-refractivity contribution in [2.75, 3.05) is 7.11 Å². The summed E-state index contributed by atoms with van der Waals surface area (Å²) >= 11 is 0. The molecule has 1 aromatic rings. The summed E-state index contributed by atoms with van der Waals surface area (Å²) in [6.07, 6.45) is 1.59. The van der Waals surface area contributed by atoms with Crippen LogP contribution < -0.4 is 4.74 Å². The van der Waals surface area contributed by atoms with Crippen LogP contribution in [-0.4, -0.2) is 17.3 Å². The Morgan fingerprint density at radius 3 is 2.62 bits per heavy atom. The van der Waals surface area contributed by atoms with Crippen LogP contribution in [0.1, 0.15) is 18.4 Å². The maximum atomic E-state index is 9.77. The molecule has 1 fully saturated rings. The lowest BCUT2D eigenvalue weighted by Crippen LogP contribution is -2.03. The van der Waals surface area contributed by atoms with E-state index in [0.29, 0.717) is 5.75 Å². The third-order valence-electron chi connectivity index (χ3n) is 2.44. The number of hydrogen-bond donors (Lipinski definition) is 2. The number of aromatic hydroxyl groups is 1. The molecule has 70 valence electrons. The van der Waals surface area contributed by atoms with E-state index in [4.69, 9.17) is 4.74 Å². The van der Waals surface area contributed by atoms with E-state index >= 15 is 0 Å². The van der Waals surface area contributed by atoms with Gasteiger partial charge in [0.1, 0.15) is 0 Å². The van der Waals surface area contributed by atoms with Gasteiger partial charge in [0.2, 0.25) is 0 Å². The molecule has 0 atom stereocenters. The minimum Gasteiger partial charge on any atom is -0.504 e. The SMILES string of the molecule is COc1cc(C2(O)CC2)ccc1O. The van der Waals surface area contributed by atoms with Crippen molar-refractivity contribution in [2.45, 2.75) is 18.4 Å².